The van der Waals surface area contributed by atoms with E-state index in [1.165, 1.54) is 33.4 Å². The lowest BCUT2D eigenvalue weighted by molar-refractivity contribution is 0.673. The van der Waals surface area contributed by atoms with E-state index >= 15 is 0 Å². The van der Waals surface area contributed by atoms with Crippen LogP contribution in [0.25, 0.3) is 77.2 Å². The van der Waals surface area contributed by atoms with Crippen molar-refractivity contribution in [2.24, 2.45) is 0 Å². The number of hydrogen-bond acceptors (Lipinski definition) is 2. The van der Waals surface area contributed by atoms with Crippen molar-refractivity contribution < 1.29 is 4.42 Å². The zero-order valence-corrected chi connectivity index (χ0v) is 29.6. The molecule has 0 aliphatic rings. The molecule has 1 heterocycles. The van der Waals surface area contributed by atoms with Crippen LogP contribution in [0.1, 0.15) is 0 Å². The SMILES string of the molecule is c1ccc(-c2ccc(-c3cccc(N(c4ccc(-c5ccccc5)cc4)c4cc5c(oc6cccc(-c7ccccc7)c65)c5ccccc45)c3)cc2)cc1. The molecular formula is C52H35NO. The third-order valence-corrected chi connectivity index (χ3v) is 10.5. The van der Waals surface area contributed by atoms with Gasteiger partial charge in [-0.15, -0.1) is 0 Å². The van der Waals surface area contributed by atoms with Crippen molar-refractivity contribution in [2.75, 3.05) is 4.90 Å². The molecule has 0 spiro atoms. The van der Waals surface area contributed by atoms with Gasteiger partial charge in [-0.2, -0.15) is 0 Å². The Labute approximate surface area is 314 Å². The molecule has 2 nitrogen and oxygen atoms in total. The van der Waals surface area contributed by atoms with Gasteiger partial charge in [-0.05, 0) is 80.9 Å². The average molecular weight is 690 g/mol. The molecule has 0 saturated carbocycles. The molecule has 1 aromatic heterocycles. The normalized spacial score (nSPS) is 11.3. The summed E-state index contributed by atoms with van der Waals surface area (Å²) in [5, 5.41) is 4.42. The number of anilines is 3. The summed E-state index contributed by atoms with van der Waals surface area (Å²) in [6.07, 6.45) is 0. The van der Waals surface area contributed by atoms with Crippen LogP contribution in [0.3, 0.4) is 0 Å². The molecule has 0 N–H and O–H groups in total. The molecule has 0 aliphatic carbocycles. The average Bonchev–Trinajstić information content (AvgIpc) is 3.64. The lowest BCUT2D eigenvalue weighted by Gasteiger charge is -2.28. The number of rotatable bonds is 7. The minimum Gasteiger partial charge on any atom is -0.455 e. The Hall–Kier alpha value is -7.16. The summed E-state index contributed by atoms with van der Waals surface area (Å²) >= 11 is 0. The lowest BCUT2D eigenvalue weighted by atomic mass is 9.96. The third kappa shape index (κ3) is 5.62. The van der Waals surface area contributed by atoms with Crippen LogP contribution in [0.2, 0.25) is 0 Å². The highest BCUT2D eigenvalue weighted by Crippen LogP contribution is 2.47. The number of furan rings is 1. The van der Waals surface area contributed by atoms with Gasteiger partial charge in [-0.25, -0.2) is 0 Å². The lowest BCUT2D eigenvalue weighted by Crippen LogP contribution is -2.10. The molecular weight excluding hydrogens is 655 g/mol. The second-order valence-corrected chi connectivity index (χ2v) is 13.7. The van der Waals surface area contributed by atoms with E-state index in [1.807, 2.05) is 0 Å². The van der Waals surface area contributed by atoms with E-state index in [1.54, 1.807) is 0 Å². The van der Waals surface area contributed by atoms with Crippen molar-refractivity contribution in [2.45, 2.75) is 0 Å². The summed E-state index contributed by atoms with van der Waals surface area (Å²) in [5.74, 6) is 0. The summed E-state index contributed by atoms with van der Waals surface area (Å²) in [5.41, 5.74) is 14.5. The molecule has 0 bridgehead atoms. The van der Waals surface area contributed by atoms with Crippen molar-refractivity contribution in [3.05, 3.63) is 212 Å². The van der Waals surface area contributed by atoms with Gasteiger partial charge in [0.25, 0.3) is 0 Å². The van der Waals surface area contributed by atoms with Crippen LogP contribution in [0.15, 0.2) is 217 Å². The van der Waals surface area contributed by atoms with Gasteiger partial charge in [-0.3, -0.25) is 0 Å². The van der Waals surface area contributed by atoms with Gasteiger partial charge < -0.3 is 9.32 Å². The Balaban J connectivity index is 1.19. The van der Waals surface area contributed by atoms with Crippen molar-refractivity contribution in [1.82, 2.24) is 0 Å². The number of fused-ring (bicyclic) bond motifs is 5. The van der Waals surface area contributed by atoms with Crippen LogP contribution in [0, 0.1) is 0 Å². The maximum atomic E-state index is 6.74. The van der Waals surface area contributed by atoms with Crippen molar-refractivity contribution in [3.8, 4) is 44.5 Å². The highest BCUT2D eigenvalue weighted by atomic mass is 16.3. The van der Waals surface area contributed by atoms with E-state index in [2.05, 4.69) is 217 Å². The molecule has 9 aromatic carbocycles. The van der Waals surface area contributed by atoms with Gasteiger partial charge in [-0.1, -0.05) is 176 Å². The van der Waals surface area contributed by atoms with Gasteiger partial charge in [0, 0.05) is 32.9 Å². The van der Waals surface area contributed by atoms with Gasteiger partial charge in [0.2, 0.25) is 0 Å². The van der Waals surface area contributed by atoms with Crippen LogP contribution in [-0.2, 0) is 0 Å². The molecule has 10 rings (SSSR count). The quantitative estimate of drug-likeness (QED) is 0.166. The highest BCUT2D eigenvalue weighted by molar-refractivity contribution is 6.22. The van der Waals surface area contributed by atoms with Crippen LogP contribution >= 0.6 is 0 Å². The summed E-state index contributed by atoms with van der Waals surface area (Å²) in [6, 6.07) is 75.8. The summed E-state index contributed by atoms with van der Waals surface area (Å²) in [4.78, 5) is 2.41. The Morgan fingerprint density at radius 3 is 1.46 bits per heavy atom. The molecule has 0 saturated heterocycles. The zero-order chi connectivity index (χ0) is 35.8. The fourth-order valence-electron chi connectivity index (χ4n) is 7.84. The molecule has 2 heteroatoms. The Kier molecular flexibility index (Phi) is 7.85. The van der Waals surface area contributed by atoms with Crippen molar-refractivity contribution in [3.63, 3.8) is 0 Å². The topological polar surface area (TPSA) is 16.4 Å². The first-order valence-corrected chi connectivity index (χ1v) is 18.4. The first-order chi connectivity index (χ1) is 26.8. The molecule has 0 aliphatic heterocycles. The van der Waals surface area contributed by atoms with Crippen molar-refractivity contribution in [1.29, 1.82) is 0 Å². The number of hydrogen-bond donors (Lipinski definition) is 0. The van der Waals surface area contributed by atoms with E-state index in [-0.39, 0.29) is 0 Å². The van der Waals surface area contributed by atoms with Crippen molar-refractivity contribution >= 4 is 49.8 Å². The maximum absolute atomic E-state index is 6.74. The number of nitrogens with zero attached hydrogens (tertiary/aromatic N) is 1. The van der Waals surface area contributed by atoms with Crippen LogP contribution in [0.5, 0.6) is 0 Å². The fraction of sp³-hybridized carbons (Fsp3) is 0. The van der Waals surface area contributed by atoms with Crippen LogP contribution in [-0.4, -0.2) is 0 Å². The minimum atomic E-state index is 0.883. The first kappa shape index (κ1) is 31.6. The Morgan fingerprint density at radius 1 is 0.315 bits per heavy atom. The van der Waals surface area contributed by atoms with Gasteiger partial charge in [0.15, 0.2) is 0 Å². The van der Waals surface area contributed by atoms with Gasteiger partial charge in [0.05, 0.1) is 5.69 Å². The smallest absolute Gasteiger partial charge is 0.143 e. The fourth-order valence-corrected chi connectivity index (χ4v) is 7.84. The first-order valence-electron chi connectivity index (χ1n) is 18.4. The highest BCUT2D eigenvalue weighted by Gasteiger charge is 2.22. The molecule has 254 valence electrons. The molecule has 0 fully saturated rings. The molecule has 0 atom stereocenters. The van der Waals surface area contributed by atoms with Crippen LogP contribution < -0.4 is 4.90 Å². The maximum Gasteiger partial charge on any atom is 0.143 e. The predicted molar refractivity (Wildman–Crippen MR) is 228 cm³/mol. The predicted octanol–water partition coefficient (Wildman–Crippen LogP) is 14.9. The second kappa shape index (κ2) is 13.4. The Bertz CT molecular complexity index is 2890. The van der Waals surface area contributed by atoms with Crippen LogP contribution in [0.4, 0.5) is 17.1 Å². The van der Waals surface area contributed by atoms with E-state index in [0.717, 1.165) is 60.9 Å². The third-order valence-electron chi connectivity index (χ3n) is 10.5. The van der Waals surface area contributed by atoms with E-state index < -0.39 is 0 Å². The molecule has 0 radical (unpaired) electrons. The summed E-state index contributed by atoms with van der Waals surface area (Å²) < 4.78 is 6.74. The van der Waals surface area contributed by atoms with E-state index in [4.69, 9.17) is 4.42 Å². The summed E-state index contributed by atoms with van der Waals surface area (Å²) in [6.45, 7) is 0. The molecule has 0 amide bonds. The molecule has 10 aromatic rings. The monoisotopic (exact) mass is 689 g/mol. The Morgan fingerprint density at radius 2 is 0.815 bits per heavy atom. The van der Waals surface area contributed by atoms with E-state index in [0.29, 0.717) is 0 Å². The zero-order valence-electron chi connectivity index (χ0n) is 29.6. The minimum absolute atomic E-state index is 0.883. The number of benzene rings is 9. The molecule has 54 heavy (non-hydrogen) atoms. The van der Waals surface area contributed by atoms with Gasteiger partial charge >= 0.3 is 0 Å². The summed E-state index contributed by atoms with van der Waals surface area (Å²) in [7, 11) is 0. The second-order valence-electron chi connectivity index (χ2n) is 13.7. The van der Waals surface area contributed by atoms with Gasteiger partial charge in [0.1, 0.15) is 11.2 Å². The molecule has 0 unspecified atom stereocenters. The largest absolute Gasteiger partial charge is 0.455 e. The van der Waals surface area contributed by atoms with E-state index in [9.17, 15) is 0 Å². The standard InChI is InChI=1S/C52H35NO/c1-4-14-36(15-5-1)38-26-28-40(29-27-38)42-20-12-21-44(34-42)53(43-32-30-39(31-33-43)37-16-6-2-7-17-37)49-35-48-51-45(41-18-8-3-9-19-41)24-13-25-50(51)54-52(48)47-23-11-10-22-46(47)49/h1-35H.